The van der Waals surface area contributed by atoms with Gasteiger partial charge in [-0.1, -0.05) is 60.7 Å². The van der Waals surface area contributed by atoms with Crippen molar-refractivity contribution in [1.82, 2.24) is 0 Å². The first kappa shape index (κ1) is 17.5. The van der Waals surface area contributed by atoms with Crippen LogP contribution < -0.4 is 10.1 Å². The van der Waals surface area contributed by atoms with E-state index in [0.717, 1.165) is 10.8 Å². The molecule has 0 saturated carbocycles. The van der Waals surface area contributed by atoms with Crippen LogP contribution in [0.2, 0.25) is 0 Å². The number of hydrogen-bond acceptors (Lipinski definition) is 3. The van der Waals surface area contributed by atoms with E-state index in [9.17, 15) is 9.59 Å². The zero-order valence-corrected chi connectivity index (χ0v) is 15.0. The Morgan fingerprint density at radius 3 is 1.93 bits per heavy atom. The van der Waals surface area contributed by atoms with Crippen LogP contribution in [-0.4, -0.2) is 11.9 Å². The van der Waals surface area contributed by atoms with Crippen molar-refractivity contribution in [3.8, 4) is 5.75 Å². The normalized spacial score (nSPS) is 10.4. The molecular formula is C24H17NO3. The first-order valence-electron chi connectivity index (χ1n) is 8.88. The van der Waals surface area contributed by atoms with Crippen LogP contribution in [0.1, 0.15) is 20.7 Å². The molecule has 0 aliphatic heterocycles. The molecule has 0 atom stereocenters. The number of ether oxygens (including phenoxy) is 1. The second-order valence-electron chi connectivity index (χ2n) is 6.23. The number of hydrogen-bond donors (Lipinski definition) is 1. The van der Waals surface area contributed by atoms with Crippen LogP contribution in [0.4, 0.5) is 5.69 Å². The van der Waals surface area contributed by atoms with E-state index in [0.29, 0.717) is 22.6 Å². The third-order valence-electron chi connectivity index (χ3n) is 4.38. The molecule has 4 rings (SSSR count). The molecule has 28 heavy (non-hydrogen) atoms. The number of anilines is 1. The minimum Gasteiger partial charge on any atom is -0.422 e. The summed E-state index contributed by atoms with van der Waals surface area (Å²) in [5.41, 5.74) is 1.71. The molecule has 0 unspecified atom stereocenters. The van der Waals surface area contributed by atoms with Gasteiger partial charge in [-0.15, -0.1) is 0 Å². The van der Waals surface area contributed by atoms with Gasteiger partial charge in [0.25, 0.3) is 5.91 Å². The molecule has 4 aromatic carbocycles. The van der Waals surface area contributed by atoms with E-state index in [1.165, 1.54) is 0 Å². The van der Waals surface area contributed by atoms with Crippen molar-refractivity contribution < 1.29 is 14.3 Å². The van der Waals surface area contributed by atoms with Crippen LogP contribution in [0.5, 0.6) is 5.75 Å². The number of benzene rings is 4. The second-order valence-corrected chi connectivity index (χ2v) is 6.23. The van der Waals surface area contributed by atoms with Crippen molar-refractivity contribution in [3.63, 3.8) is 0 Å². The maximum Gasteiger partial charge on any atom is 0.343 e. The third-order valence-corrected chi connectivity index (χ3v) is 4.38. The number of fused-ring (bicyclic) bond motifs is 1. The summed E-state index contributed by atoms with van der Waals surface area (Å²) in [6, 6.07) is 28.8. The van der Waals surface area contributed by atoms with Crippen molar-refractivity contribution in [3.05, 3.63) is 108 Å². The molecule has 0 aliphatic carbocycles. The molecular weight excluding hydrogens is 350 g/mol. The summed E-state index contributed by atoms with van der Waals surface area (Å²) in [6.45, 7) is 0. The molecule has 0 aliphatic rings. The van der Waals surface area contributed by atoms with E-state index >= 15 is 0 Å². The second kappa shape index (κ2) is 7.76. The lowest BCUT2D eigenvalue weighted by molar-refractivity contribution is 0.0737. The molecule has 0 saturated heterocycles. The van der Waals surface area contributed by atoms with Crippen molar-refractivity contribution in [2.75, 3.05) is 5.32 Å². The summed E-state index contributed by atoms with van der Waals surface area (Å²) in [6.07, 6.45) is 0. The standard InChI is InChI=1S/C24H17NO3/c26-23(17-9-3-1-4-10-17)25-21-15-7-14-20-19(21)13-8-16-22(20)28-24(27)18-11-5-2-6-12-18/h1-16H,(H,25,26). The molecule has 4 nitrogen and oxygen atoms in total. The summed E-state index contributed by atoms with van der Waals surface area (Å²) in [4.78, 5) is 24.9. The molecule has 4 aromatic rings. The molecule has 0 heterocycles. The number of carbonyl (C=O) groups is 2. The Bertz CT molecular complexity index is 1050. The summed E-state index contributed by atoms with van der Waals surface area (Å²) in [5.74, 6) is -0.172. The maximum atomic E-state index is 12.5. The minimum atomic E-state index is -0.424. The molecule has 0 radical (unpaired) electrons. The summed E-state index contributed by atoms with van der Waals surface area (Å²) < 4.78 is 5.61. The van der Waals surface area contributed by atoms with Gasteiger partial charge < -0.3 is 10.1 Å². The largest absolute Gasteiger partial charge is 0.422 e. The van der Waals surface area contributed by atoms with Gasteiger partial charge in [0, 0.05) is 22.0 Å². The van der Waals surface area contributed by atoms with E-state index < -0.39 is 5.97 Å². The monoisotopic (exact) mass is 367 g/mol. The lowest BCUT2D eigenvalue weighted by atomic mass is 10.1. The Morgan fingerprint density at radius 2 is 1.21 bits per heavy atom. The van der Waals surface area contributed by atoms with Crippen LogP contribution in [-0.2, 0) is 0 Å². The van der Waals surface area contributed by atoms with E-state index in [2.05, 4.69) is 5.32 Å². The van der Waals surface area contributed by atoms with Crippen LogP contribution in [0.25, 0.3) is 10.8 Å². The SMILES string of the molecule is O=C(Nc1cccc2c(OC(=O)c3ccccc3)cccc12)c1ccccc1. The molecule has 4 heteroatoms. The topological polar surface area (TPSA) is 55.4 Å². The fourth-order valence-electron chi connectivity index (χ4n) is 3.00. The first-order chi connectivity index (χ1) is 13.7. The highest BCUT2D eigenvalue weighted by Gasteiger charge is 2.13. The lowest BCUT2D eigenvalue weighted by Crippen LogP contribution is -2.12. The molecule has 0 spiro atoms. The zero-order valence-electron chi connectivity index (χ0n) is 15.0. The molecule has 0 aromatic heterocycles. The molecule has 1 N–H and O–H groups in total. The smallest absolute Gasteiger partial charge is 0.343 e. The number of esters is 1. The fourth-order valence-corrected chi connectivity index (χ4v) is 3.00. The maximum absolute atomic E-state index is 12.5. The average Bonchev–Trinajstić information content (AvgIpc) is 2.75. The van der Waals surface area contributed by atoms with Crippen molar-refractivity contribution in [2.45, 2.75) is 0 Å². The Labute approximate surface area is 162 Å². The number of carbonyl (C=O) groups excluding carboxylic acids is 2. The molecule has 136 valence electrons. The van der Waals surface area contributed by atoms with E-state index in [1.54, 1.807) is 48.5 Å². The van der Waals surface area contributed by atoms with Gasteiger partial charge in [0.15, 0.2) is 0 Å². The minimum absolute atomic E-state index is 0.195. The predicted octanol–water partition coefficient (Wildman–Crippen LogP) is 5.31. The van der Waals surface area contributed by atoms with Gasteiger partial charge in [0.1, 0.15) is 5.75 Å². The first-order valence-corrected chi connectivity index (χ1v) is 8.88. The fraction of sp³-hybridized carbons (Fsp3) is 0. The highest BCUT2D eigenvalue weighted by atomic mass is 16.5. The highest BCUT2D eigenvalue weighted by molar-refractivity contribution is 6.10. The molecule has 0 bridgehead atoms. The van der Waals surface area contributed by atoms with Crippen molar-refractivity contribution >= 4 is 28.3 Å². The van der Waals surface area contributed by atoms with E-state index in [4.69, 9.17) is 4.74 Å². The Kier molecular flexibility index (Phi) is 4.85. The van der Waals surface area contributed by atoms with Gasteiger partial charge in [-0.25, -0.2) is 4.79 Å². The summed E-state index contributed by atoms with van der Waals surface area (Å²) in [5, 5.41) is 4.48. The van der Waals surface area contributed by atoms with Gasteiger partial charge in [0.05, 0.1) is 5.56 Å². The van der Waals surface area contributed by atoms with Crippen molar-refractivity contribution in [2.24, 2.45) is 0 Å². The van der Waals surface area contributed by atoms with Gasteiger partial charge in [-0.3, -0.25) is 4.79 Å². The average molecular weight is 367 g/mol. The van der Waals surface area contributed by atoms with Gasteiger partial charge >= 0.3 is 5.97 Å². The summed E-state index contributed by atoms with van der Waals surface area (Å²) in [7, 11) is 0. The van der Waals surface area contributed by atoms with Gasteiger partial charge in [0.2, 0.25) is 0 Å². The third kappa shape index (κ3) is 3.62. The van der Waals surface area contributed by atoms with Crippen LogP contribution >= 0.6 is 0 Å². The zero-order chi connectivity index (χ0) is 19.3. The lowest BCUT2D eigenvalue weighted by Gasteiger charge is -2.12. The van der Waals surface area contributed by atoms with Gasteiger partial charge in [-0.2, -0.15) is 0 Å². The summed E-state index contributed by atoms with van der Waals surface area (Å²) >= 11 is 0. The Morgan fingerprint density at radius 1 is 0.607 bits per heavy atom. The van der Waals surface area contributed by atoms with Crippen molar-refractivity contribution in [1.29, 1.82) is 0 Å². The van der Waals surface area contributed by atoms with E-state index in [-0.39, 0.29) is 5.91 Å². The molecule has 1 amide bonds. The van der Waals surface area contributed by atoms with Crippen LogP contribution in [0.3, 0.4) is 0 Å². The quantitative estimate of drug-likeness (QED) is 0.393. The Balaban J connectivity index is 1.65. The van der Waals surface area contributed by atoms with E-state index in [1.807, 2.05) is 48.5 Å². The predicted molar refractivity (Wildman–Crippen MR) is 110 cm³/mol. The van der Waals surface area contributed by atoms with Crippen LogP contribution in [0.15, 0.2) is 97.1 Å². The number of rotatable bonds is 4. The Hall–Kier alpha value is -3.92. The molecule has 0 fully saturated rings. The van der Waals surface area contributed by atoms with Crippen LogP contribution in [0, 0.1) is 0 Å². The number of nitrogens with one attached hydrogen (secondary N) is 1. The number of amides is 1. The van der Waals surface area contributed by atoms with Gasteiger partial charge in [-0.05, 0) is 36.4 Å². The highest BCUT2D eigenvalue weighted by Crippen LogP contribution is 2.31.